The lowest BCUT2D eigenvalue weighted by molar-refractivity contribution is -0.0804. The predicted molar refractivity (Wildman–Crippen MR) is 45.2 cm³/mol. The molecule has 0 aliphatic heterocycles. The lowest BCUT2D eigenvalue weighted by Gasteiger charge is -2.36. The molecule has 2 bridgehead atoms. The van der Waals surface area contributed by atoms with Crippen LogP contribution in [0.5, 0.6) is 0 Å². The van der Waals surface area contributed by atoms with Gasteiger partial charge in [0.25, 0.3) is 0 Å². The molecule has 2 aliphatic carbocycles. The van der Waals surface area contributed by atoms with Crippen LogP contribution in [-0.4, -0.2) is 25.6 Å². The molecule has 76 valence electrons. The van der Waals surface area contributed by atoms with Crippen LogP contribution in [0.2, 0.25) is 0 Å². The Kier molecular flexibility index (Phi) is 2.22. The molecule has 1 N–H and O–H groups in total. The van der Waals surface area contributed by atoms with Gasteiger partial charge in [-0.1, -0.05) is 0 Å². The van der Waals surface area contributed by atoms with E-state index in [-0.39, 0.29) is 11.8 Å². The molecule has 0 aromatic rings. The molecular weight excluding hydrogens is 192 g/mol. The number of aliphatic hydroxyl groups is 1. The van der Waals surface area contributed by atoms with Crippen LogP contribution < -0.4 is 0 Å². The van der Waals surface area contributed by atoms with Gasteiger partial charge in [0, 0.05) is 0 Å². The molecule has 5 heteroatoms. The maximum absolute atomic E-state index is 10.4. The highest BCUT2D eigenvalue weighted by atomic mass is 32.2. The van der Waals surface area contributed by atoms with Gasteiger partial charge in [-0.3, -0.25) is 4.18 Å². The summed E-state index contributed by atoms with van der Waals surface area (Å²) in [6.07, 6.45) is 2.34. The first-order valence-electron chi connectivity index (χ1n) is 4.50. The largest absolute Gasteiger partial charge is 0.750 e. The summed E-state index contributed by atoms with van der Waals surface area (Å²) >= 11 is -2.51. The predicted octanol–water partition coefficient (Wildman–Crippen LogP) is 0.347. The van der Waals surface area contributed by atoms with Gasteiger partial charge in [0.2, 0.25) is 0 Å². The maximum Gasteiger partial charge on any atom is 0.105 e. The molecule has 5 unspecified atom stereocenters. The monoisotopic (exact) mass is 205 g/mol. The molecular formula is C8H13O4S-. The highest BCUT2D eigenvalue weighted by molar-refractivity contribution is 7.74. The van der Waals surface area contributed by atoms with Gasteiger partial charge in [0.1, 0.15) is 6.10 Å². The van der Waals surface area contributed by atoms with Gasteiger partial charge in [0.05, 0.1) is 17.0 Å². The standard InChI is InChI=1S/C8H14O4S/c1-8(9)6-3-2-5(4-6)7(8)12-13(10)11/h5-7,9H,2-4H2,1H3,(H,10,11)/p-1. The van der Waals surface area contributed by atoms with Crippen molar-refractivity contribution in [2.45, 2.75) is 37.9 Å². The van der Waals surface area contributed by atoms with Crippen molar-refractivity contribution in [1.82, 2.24) is 0 Å². The minimum absolute atomic E-state index is 0.214. The molecule has 2 aliphatic rings. The summed E-state index contributed by atoms with van der Waals surface area (Å²) in [4.78, 5) is 0. The number of rotatable bonds is 2. The van der Waals surface area contributed by atoms with Crippen LogP contribution in [0.4, 0.5) is 0 Å². The maximum atomic E-state index is 10.4. The molecule has 0 saturated heterocycles. The molecule has 2 fully saturated rings. The van der Waals surface area contributed by atoms with E-state index >= 15 is 0 Å². The SMILES string of the molecule is CC1(O)C2CCC(C2)C1OS(=O)[O-]. The van der Waals surface area contributed by atoms with Crippen LogP contribution in [0.1, 0.15) is 26.2 Å². The van der Waals surface area contributed by atoms with Crippen LogP contribution in [0, 0.1) is 11.8 Å². The third-order valence-electron chi connectivity index (χ3n) is 3.49. The fourth-order valence-corrected chi connectivity index (χ4v) is 3.31. The molecule has 0 radical (unpaired) electrons. The Morgan fingerprint density at radius 1 is 1.62 bits per heavy atom. The second-order valence-electron chi connectivity index (χ2n) is 4.22. The summed E-state index contributed by atoms with van der Waals surface area (Å²) in [6, 6.07) is 0. The van der Waals surface area contributed by atoms with Gasteiger partial charge in [0.15, 0.2) is 0 Å². The number of fused-ring (bicyclic) bond motifs is 2. The Morgan fingerprint density at radius 3 is 2.77 bits per heavy atom. The molecule has 2 rings (SSSR count). The Labute approximate surface area is 79.8 Å². The molecule has 0 spiro atoms. The average molecular weight is 205 g/mol. The molecule has 13 heavy (non-hydrogen) atoms. The summed E-state index contributed by atoms with van der Waals surface area (Å²) in [5, 5.41) is 9.99. The van der Waals surface area contributed by atoms with Gasteiger partial charge in [-0.15, -0.1) is 0 Å². The van der Waals surface area contributed by atoms with E-state index in [0.29, 0.717) is 0 Å². The molecule has 2 saturated carbocycles. The number of hydrogen-bond acceptors (Lipinski definition) is 4. The van der Waals surface area contributed by atoms with Gasteiger partial charge in [-0.25, -0.2) is 4.21 Å². The summed E-state index contributed by atoms with van der Waals surface area (Å²) < 4.78 is 25.5. The van der Waals surface area contributed by atoms with Crippen molar-refractivity contribution in [3.05, 3.63) is 0 Å². The third-order valence-corrected chi connectivity index (χ3v) is 3.85. The highest BCUT2D eigenvalue weighted by Crippen LogP contribution is 2.52. The first kappa shape index (κ1) is 9.58. The quantitative estimate of drug-likeness (QED) is 0.660. The fourth-order valence-electron chi connectivity index (χ4n) is 2.79. The molecule has 4 nitrogen and oxygen atoms in total. The van der Waals surface area contributed by atoms with Crippen LogP contribution in [0.15, 0.2) is 0 Å². The van der Waals surface area contributed by atoms with E-state index < -0.39 is 23.1 Å². The molecule has 0 aromatic heterocycles. The van der Waals surface area contributed by atoms with Crippen molar-refractivity contribution in [2.24, 2.45) is 11.8 Å². The van der Waals surface area contributed by atoms with Crippen LogP contribution in [0.25, 0.3) is 0 Å². The summed E-state index contributed by atoms with van der Waals surface area (Å²) in [7, 11) is 0. The Bertz CT molecular complexity index is 240. The van der Waals surface area contributed by atoms with Crippen molar-refractivity contribution >= 4 is 11.4 Å². The van der Waals surface area contributed by atoms with Crippen molar-refractivity contribution in [3.8, 4) is 0 Å². The van der Waals surface area contributed by atoms with E-state index in [9.17, 15) is 13.9 Å². The summed E-state index contributed by atoms with van der Waals surface area (Å²) in [5.41, 5.74) is -0.955. The smallest absolute Gasteiger partial charge is 0.105 e. The number of hydrogen-bond donors (Lipinski definition) is 1. The zero-order valence-electron chi connectivity index (χ0n) is 7.43. The lowest BCUT2D eigenvalue weighted by atomic mass is 9.84. The first-order valence-corrected chi connectivity index (χ1v) is 5.50. The van der Waals surface area contributed by atoms with Crippen molar-refractivity contribution in [2.75, 3.05) is 0 Å². The van der Waals surface area contributed by atoms with Gasteiger partial charge in [-0.05, 0) is 38.0 Å². The highest BCUT2D eigenvalue weighted by Gasteiger charge is 2.55. The van der Waals surface area contributed by atoms with Gasteiger partial charge < -0.3 is 9.66 Å². The van der Waals surface area contributed by atoms with Gasteiger partial charge >= 0.3 is 0 Å². The van der Waals surface area contributed by atoms with Crippen molar-refractivity contribution in [1.29, 1.82) is 0 Å². The van der Waals surface area contributed by atoms with Crippen LogP contribution in [-0.2, 0) is 15.5 Å². The summed E-state index contributed by atoms with van der Waals surface area (Å²) in [5.74, 6) is 0.434. The van der Waals surface area contributed by atoms with E-state index in [2.05, 4.69) is 0 Å². The fraction of sp³-hybridized carbons (Fsp3) is 1.00. The Hall–Kier alpha value is 0.0300. The lowest BCUT2D eigenvalue weighted by Crippen LogP contribution is -2.46. The molecule has 0 aromatic carbocycles. The average Bonchev–Trinajstić information content (AvgIpc) is 2.53. The van der Waals surface area contributed by atoms with E-state index in [1.807, 2.05) is 0 Å². The van der Waals surface area contributed by atoms with Crippen molar-refractivity contribution in [3.63, 3.8) is 0 Å². The van der Waals surface area contributed by atoms with Crippen molar-refractivity contribution < 1.29 is 18.1 Å². The minimum atomic E-state index is -2.51. The molecule has 5 atom stereocenters. The Balaban J connectivity index is 2.14. The van der Waals surface area contributed by atoms with Gasteiger partial charge in [-0.2, -0.15) is 0 Å². The minimum Gasteiger partial charge on any atom is -0.750 e. The normalized spacial score (nSPS) is 51.2. The van der Waals surface area contributed by atoms with E-state index in [1.165, 1.54) is 0 Å². The topological polar surface area (TPSA) is 69.6 Å². The van der Waals surface area contributed by atoms with E-state index in [4.69, 9.17) is 4.18 Å². The first-order chi connectivity index (χ1) is 6.01. The molecule has 0 amide bonds. The molecule has 0 heterocycles. The Morgan fingerprint density at radius 2 is 2.31 bits per heavy atom. The van der Waals surface area contributed by atoms with Crippen LogP contribution in [0.3, 0.4) is 0 Å². The second kappa shape index (κ2) is 3.02. The third kappa shape index (κ3) is 1.44. The zero-order chi connectivity index (χ0) is 9.64. The summed E-state index contributed by atoms with van der Waals surface area (Å²) in [6.45, 7) is 1.67. The van der Waals surface area contributed by atoms with E-state index in [1.54, 1.807) is 6.92 Å². The van der Waals surface area contributed by atoms with Crippen LogP contribution >= 0.6 is 0 Å². The zero-order valence-corrected chi connectivity index (χ0v) is 8.25. The van der Waals surface area contributed by atoms with E-state index in [0.717, 1.165) is 19.3 Å². The second-order valence-corrected chi connectivity index (χ2v) is 4.82.